The van der Waals surface area contributed by atoms with E-state index >= 15 is 0 Å². The van der Waals surface area contributed by atoms with E-state index < -0.39 is 0 Å². The normalized spacial score (nSPS) is 10.5. The topological polar surface area (TPSA) is 29.1 Å². The molecule has 0 saturated heterocycles. The van der Waals surface area contributed by atoms with Crippen LogP contribution in [0.25, 0.3) is 5.57 Å². The van der Waals surface area contributed by atoms with Gasteiger partial charge in [-0.05, 0) is 59.9 Å². The van der Waals surface area contributed by atoms with E-state index in [0.717, 1.165) is 29.5 Å². The van der Waals surface area contributed by atoms with Gasteiger partial charge in [-0.1, -0.05) is 55.5 Å². The summed E-state index contributed by atoms with van der Waals surface area (Å²) in [6.07, 6.45) is 5.50. The lowest BCUT2D eigenvalue weighted by atomic mass is 9.90. The van der Waals surface area contributed by atoms with E-state index in [9.17, 15) is 13.6 Å². The van der Waals surface area contributed by atoms with Gasteiger partial charge >= 0.3 is 0 Å². The molecule has 0 unspecified atom stereocenters. The fraction of sp³-hybridized carbons (Fsp3) is 0.240. The summed E-state index contributed by atoms with van der Waals surface area (Å²) in [4.78, 5) is 10.2. The van der Waals surface area contributed by atoms with Crippen LogP contribution in [0.15, 0.2) is 60.2 Å². The van der Waals surface area contributed by atoms with Gasteiger partial charge in [0.1, 0.15) is 17.9 Å². The molecular weight excluding hydrogens is 368 g/mol. The van der Waals surface area contributed by atoms with E-state index in [1.807, 2.05) is 0 Å². The Bertz CT molecular complexity index is 941. The highest BCUT2D eigenvalue weighted by molar-refractivity contribution is 5.82. The summed E-state index contributed by atoms with van der Waals surface area (Å²) in [5.41, 5.74) is 4.29. The minimum Gasteiger partial charge on any atom is -0.303 e. The molecule has 0 aromatic heterocycles. The largest absolute Gasteiger partial charge is 0.303 e. The van der Waals surface area contributed by atoms with E-state index in [1.54, 1.807) is 30.3 Å². The first-order valence-corrected chi connectivity index (χ1v) is 9.68. The molecule has 0 fully saturated rings. The standard InChI is InChI=1S/C25H25F2NO/c1-3-19(4-2)25(20-9-12-23(26)13-10-20)22-11-14-24(27)21(18-22)8-7-16-28-15-5-6-17-29/h5-6,9-14,17-18,28H,3-4,15-16H2,1-2H3/b6-5+. The van der Waals surface area contributed by atoms with Gasteiger partial charge in [-0.3, -0.25) is 4.79 Å². The zero-order chi connectivity index (χ0) is 21.1. The average Bonchev–Trinajstić information content (AvgIpc) is 2.73. The van der Waals surface area contributed by atoms with Crippen molar-refractivity contribution in [1.82, 2.24) is 5.32 Å². The Morgan fingerprint density at radius 3 is 2.38 bits per heavy atom. The van der Waals surface area contributed by atoms with Crippen LogP contribution in [-0.4, -0.2) is 19.4 Å². The van der Waals surface area contributed by atoms with E-state index in [2.05, 4.69) is 31.0 Å². The lowest BCUT2D eigenvalue weighted by molar-refractivity contribution is -0.104. The number of carbonyl (C=O) groups is 1. The second-order valence-electron chi connectivity index (χ2n) is 6.38. The Kier molecular flexibility index (Phi) is 9.01. The molecule has 0 saturated carbocycles. The minimum absolute atomic E-state index is 0.288. The number of carbonyl (C=O) groups excluding carboxylic acids is 1. The molecular formula is C25H25F2NO. The van der Waals surface area contributed by atoms with Crippen LogP contribution >= 0.6 is 0 Å². The summed E-state index contributed by atoms with van der Waals surface area (Å²) >= 11 is 0. The lowest BCUT2D eigenvalue weighted by Gasteiger charge is -2.15. The number of hydrogen-bond donors (Lipinski definition) is 1. The predicted octanol–water partition coefficient (Wildman–Crippen LogP) is 5.28. The Morgan fingerprint density at radius 1 is 1.03 bits per heavy atom. The van der Waals surface area contributed by atoms with Gasteiger partial charge in [0.05, 0.1) is 12.1 Å². The van der Waals surface area contributed by atoms with Crippen molar-refractivity contribution in [1.29, 1.82) is 0 Å². The van der Waals surface area contributed by atoms with Gasteiger partial charge in [-0.25, -0.2) is 8.78 Å². The molecule has 150 valence electrons. The smallest absolute Gasteiger partial charge is 0.142 e. The Hall–Kier alpha value is -3.03. The number of halogens is 2. The maximum Gasteiger partial charge on any atom is 0.142 e. The van der Waals surface area contributed by atoms with Crippen molar-refractivity contribution in [2.45, 2.75) is 26.7 Å². The SMILES string of the molecule is CCC(CC)=C(c1ccc(F)cc1)c1ccc(F)c(C#CCNC/C=C/C=O)c1. The number of hydrogen-bond acceptors (Lipinski definition) is 2. The second kappa shape index (κ2) is 11.7. The summed E-state index contributed by atoms with van der Waals surface area (Å²) in [5, 5.41) is 3.03. The average molecular weight is 393 g/mol. The number of allylic oxidation sites excluding steroid dienone is 2. The fourth-order valence-electron chi connectivity index (χ4n) is 3.05. The van der Waals surface area contributed by atoms with Gasteiger partial charge in [-0.15, -0.1) is 0 Å². The van der Waals surface area contributed by atoms with Crippen LogP contribution in [0.2, 0.25) is 0 Å². The maximum absolute atomic E-state index is 14.3. The molecule has 2 aromatic carbocycles. The van der Waals surface area contributed by atoms with E-state index in [-0.39, 0.29) is 11.6 Å². The van der Waals surface area contributed by atoms with Crippen molar-refractivity contribution in [3.05, 3.63) is 88.5 Å². The fourth-order valence-corrected chi connectivity index (χ4v) is 3.05. The van der Waals surface area contributed by atoms with Crippen molar-refractivity contribution in [2.75, 3.05) is 13.1 Å². The summed E-state index contributed by atoms with van der Waals surface area (Å²) in [7, 11) is 0. The van der Waals surface area contributed by atoms with Crippen molar-refractivity contribution in [2.24, 2.45) is 0 Å². The highest BCUT2D eigenvalue weighted by Crippen LogP contribution is 2.31. The Labute approximate surface area is 171 Å². The molecule has 0 aliphatic carbocycles. The molecule has 0 atom stereocenters. The highest BCUT2D eigenvalue weighted by Gasteiger charge is 2.12. The summed E-state index contributed by atoms with van der Waals surface area (Å²) in [6.45, 7) is 5.06. The van der Waals surface area contributed by atoms with Crippen LogP contribution in [0.5, 0.6) is 0 Å². The third-order valence-corrected chi connectivity index (χ3v) is 4.51. The minimum atomic E-state index is -0.380. The third-order valence-electron chi connectivity index (χ3n) is 4.51. The molecule has 0 amide bonds. The predicted molar refractivity (Wildman–Crippen MR) is 114 cm³/mol. The first-order chi connectivity index (χ1) is 14.1. The molecule has 0 heterocycles. The first-order valence-electron chi connectivity index (χ1n) is 9.68. The van der Waals surface area contributed by atoms with Crippen LogP contribution in [0.3, 0.4) is 0 Å². The van der Waals surface area contributed by atoms with Crippen LogP contribution in [0.4, 0.5) is 8.78 Å². The molecule has 4 heteroatoms. The van der Waals surface area contributed by atoms with Crippen molar-refractivity contribution >= 4 is 11.9 Å². The lowest BCUT2D eigenvalue weighted by Crippen LogP contribution is -2.13. The monoisotopic (exact) mass is 393 g/mol. The summed E-state index contributed by atoms with van der Waals surface area (Å²) in [5.74, 6) is 5.10. The van der Waals surface area contributed by atoms with Gasteiger partial charge in [0, 0.05) is 6.54 Å². The van der Waals surface area contributed by atoms with E-state index in [1.165, 1.54) is 29.8 Å². The first kappa shape index (κ1) is 22.3. The van der Waals surface area contributed by atoms with Gasteiger partial charge < -0.3 is 5.32 Å². The number of rotatable bonds is 8. The molecule has 2 nitrogen and oxygen atoms in total. The molecule has 0 spiro atoms. The van der Waals surface area contributed by atoms with Crippen molar-refractivity contribution in [3.63, 3.8) is 0 Å². The molecule has 1 N–H and O–H groups in total. The van der Waals surface area contributed by atoms with Gasteiger partial charge in [0.25, 0.3) is 0 Å². The van der Waals surface area contributed by atoms with Crippen LogP contribution in [0, 0.1) is 23.5 Å². The van der Waals surface area contributed by atoms with E-state index in [4.69, 9.17) is 0 Å². The maximum atomic E-state index is 14.3. The number of aldehydes is 1. The highest BCUT2D eigenvalue weighted by atomic mass is 19.1. The number of nitrogens with one attached hydrogen (secondary N) is 1. The van der Waals surface area contributed by atoms with Crippen molar-refractivity contribution in [3.8, 4) is 11.8 Å². The summed E-state index contributed by atoms with van der Waals surface area (Å²) in [6, 6.07) is 11.3. The van der Waals surface area contributed by atoms with E-state index in [0.29, 0.717) is 24.9 Å². The van der Waals surface area contributed by atoms with Crippen molar-refractivity contribution < 1.29 is 13.6 Å². The molecule has 0 aliphatic heterocycles. The molecule has 0 bridgehead atoms. The summed E-state index contributed by atoms with van der Waals surface area (Å²) < 4.78 is 27.7. The molecule has 29 heavy (non-hydrogen) atoms. The zero-order valence-electron chi connectivity index (χ0n) is 16.8. The van der Waals surface area contributed by atoms with Gasteiger partial charge in [0.2, 0.25) is 0 Å². The molecule has 2 aromatic rings. The second-order valence-corrected chi connectivity index (χ2v) is 6.38. The van der Waals surface area contributed by atoms with Gasteiger partial charge in [0.15, 0.2) is 0 Å². The van der Waals surface area contributed by atoms with Gasteiger partial charge in [-0.2, -0.15) is 0 Å². The van der Waals surface area contributed by atoms with Crippen LogP contribution < -0.4 is 5.32 Å². The third kappa shape index (κ3) is 6.51. The van der Waals surface area contributed by atoms with Crippen LogP contribution in [-0.2, 0) is 4.79 Å². The van der Waals surface area contributed by atoms with Crippen LogP contribution in [0.1, 0.15) is 43.4 Å². The molecule has 0 aliphatic rings. The molecule has 2 rings (SSSR count). The quantitative estimate of drug-likeness (QED) is 0.286. The zero-order valence-corrected chi connectivity index (χ0v) is 16.8. The Balaban J connectivity index is 2.35. The molecule has 0 radical (unpaired) electrons. The Morgan fingerprint density at radius 2 is 1.72 bits per heavy atom. The number of benzene rings is 2.